The van der Waals surface area contributed by atoms with Crippen molar-refractivity contribution in [1.29, 1.82) is 0 Å². The number of nitrogens with zero attached hydrogens (tertiary/aromatic N) is 5. The third kappa shape index (κ3) is 4.87. The molecule has 2 aliphatic rings. The number of likely N-dealkylation sites (tertiary alicyclic amines) is 1. The number of fused-ring (bicyclic) bond motifs is 2. The van der Waals surface area contributed by atoms with E-state index < -0.39 is 0 Å². The highest BCUT2D eigenvalue weighted by molar-refractivity contribution is 7.16. The van der Waals surface area contributed by atoms with Gasteiger partial charge in [-0.3, -0.25) is 19.7 Å². The van der Waals surface area contributed by atoms with Gasteiger partial charge >= 0.3 is 0 Å². The summed E-state index contributed by atoms with van der Waals surface area (Å²) in [6, 6.07) is 4.14. The molecule has 3 aromatic rings. The normalized spacial score (nSPS) is 20.7. The molecule has 0 aliphatic carbocycles. The van der Waals surface area contributed by atoms with Gasteiger partial charge in [0.2, 0.25) is 5.88 Å². The molecular weight excluding hydrogens is 440 g/mol. The lowest BCUT2D eigenvalue weighted by Crippen LogP contribution is -2.44. The number of ether oxygens (including phenoxy) is 2. The first-order valence-corrected chi connectivity index (χ1v) is 11.9. The number of nitrogens with one attached hydrogen (secondary N) is 1. The molecule has 2 fully saturated rings. The van der Waals surface area contributed by atoms with Crippen molar-refractivity contribution >= 4 is 17.2 Å². The second kappa shape index (κ2) is 9.50. The predicted molar refractivity (Wildman–Crippen MR) is 123 cm³/mol. The van der Waals surface area contributed by atoms with E-state index in [1.165, 1.54) is 11.3 Å². The number of rotatable bonds is 8. The monoisotopic (exact) mass is 466 g/mol. The van der Waals surface area contributed by atoms with Crippen LogP contribution in [0, 0.1) is 6.92 Å². The third-order valence-corrected chi connectivity index (χ3v) is 6.91. The fraction of sp³-hybridized carbons (Fsp3) is 0.435. The molecule has 33 heavy (non-hydrogen) atoms. The first-order chi connectivity index (χ1) is 16.1. The fourth-order valence-corrected chi connectivity index (χ4v) is 5.08. The minimum absolute atomic E-state index is 0.228. The van der Waals surface area contributed by atoms with Gasteiger partial charge in [-0.1, -0.05) is 0 Å². The van der Waals surface area contributed by atoms with Crippen LogP contribution in [0.1, 0.15) is 40.4 Å². The number of aryl methyl sites for hydroxylation is 1. The maximum Gasteiger partial charge on any atom is 0.280 e. The molecule has 172 valence electrons. The van der Waals surface area contributed by atoms with Crippen molar-refractivity contribution in [3.8, 4) is 16.5 Å². The van der Waals surface area contributed by atoms with Crippen LogP contribution in [0.3, 0.4) is 0 Å². The highest BCUT2D eigenvalue weighted by atomic mass is 32.1. The number of carbonyl (C=O) groups is 1. The molecular formula is C23H26N6O3S. The summed E-state index contributed by atoms with van der Waals surface area (Å²) in [6.07, 6.45) is 8.00. The number of thiazole rings is 1. The molecule has 1 amide bonds. The van der Waals surface area contributed by atoms with Gasteiger partial charge in [0.25, 0.3) is 5.91 Å². The molecule has 0 radical (unpaired) electrons. The van der Waals surface area contributed by atoms with E-state index in [2.05, 4.69) is 30.2 Å². The van der Waals surface area contributed by atoms with E-state index in [1.807, 2.05) is 26.0 Å². The van der Waals surface area contributed by atoms with Crippen LogP contribution in [0.2, 0.25) is 0 Å². The highest BCUT2D eigenvalue weighted by Crippen LogP contribution is 2.30. The average Bonchev–Trinajstić information content (AvgIpc) is 3.56. The van der Waals surface area contributed by atoms with Crippen LogP contribution >= 0.6 is 11.3 Å². The highest BCUT2D eigenvalue weighted by Gasteiger charge is 2.40. The third-order valence-electron chi connectivity index (χ3n) is 5.89. The van der Waals surface area contributed by atoms with E-state index >= 15 is 0 Å². The van der Waals surface area contributed by atoms with Crippen molar-refractivity contribution in [3.05, 3.63) is 53.2 Å². The Morgan fingerprint density at radius 1 is 1.36 bits per heavy atom. The molecule has 1 N–H and O–H groups in total. The van der Waals surface area contributed by atoms with E-state index in [1.54, 1.807) is 24.8 Å². The summed E-state index contributed by atoms with van der Waals surface area (Å²) in [6.45, 7) is 6.76. The van der Waals surface area contributed by atoms with Crippen LogP contribution in [-0.2, 0) is 4.74 Å². The second-order valence-corrected chi connectivity index (χ2v) is 9.32. The molecule has 5 rings (SSSR count). The maximum absolute atomic E-state index is 13.2. The predicted octanol–water partition coefficient (Wildman–Crippen LogP) is 2.65. The lowest BCUT2D eigenvalue weighted by Gasteiger charge is -2.30. The minimum Gasteiger partial charge on any atom is -0.477 e. The number of aromatic nitrogens is 4. The number of amides is 1. The van der Waals surface area contributed by atoms with Crippen molar-refractivity contribution in [2.24, 2.45) is 0 Å². The van der Waals surface area contributed by atoms with Gasteiger partial charge in [-0.2, -0.15) is 0 Å². The standard InChI is InChI=1S/C23H26N6O3S/c1-3-31-21-10-24-8-18(27-21)20-9-26-23(33-20)22(30)28-19(17-6-14(2)4-5-25-17)12-29-11-16-7-15(29)13-32-16/h4-6,8-10,15-16,19H,3,7,11-13H2,1-2H3,(H,28,30)/t15?,16?,19-/m1/s1. The van der Waals surface area contributed by atoms with E-state index in [-0.39, 0.29) is 11.9 Å². The summed E-state index contributed by atoms with van der Waals surface area (Å²) < 4.78 is 11.2. The lowest BCUT2D eigenvalue weighted by molar-refractivity contribution is 0.0265. The number of hydrogen-bond acceptors (Lipinski definition) is 9. The van der Waals surface area contributed by atoms with Crippen molar-refractivity contribution < 1.29 is 14.3 Å². The number of hydrogen-bond donors (Lipinski definition) is 1. The molecule has 2 aliphatic heterocycles. The number of pyridine rings is 1. The molecule has 0 spiro atoms. The van der Waals surface area contributed by atoms with Gasteiger partial charge in [0.05, 0.1) is 48.3 Å². The van der Waals surface area contributed by atoms with Gasteiger partial charge in [-0.25, -0.2) is 9.97 Å². The van der Waals surface area contributed by atoms with E-state index in [9.17, 15) is 4.79 Å². The zero-order chi connectivity index (χ0) is 22.8. The van der Waals surface area contributed by atoms with Gasteiger partial charge < -0.3 is 14.8 Å². The fourth-order valence-electron chi connectivity index (χ4n) is 4.30. The largest absolute Gasteiger partial charge is 0.477 e. The van der Waals surface area contributed by atoms with Crippen LogP contribution in [0.25, 0.3) is 10.6 Å². The minimum atomic E-state index is -0.245. The Morgan fingerprint density at radius 2 is 2.27 bits per heavy atom. The summed E-state index contributed by atoms with van der Waals surface area (Å²) in [7, 11) is 0. The van der Waals surface area contributed by atoms with Crippen LogP contribution in [-0.4, -0.2) is 69.2 Å². The van der Waals surface area contributed by atoms with Crippen LogP contribution in [0.5, 0.6) is 5.88 Å². The van der Waals surface area contributed by atoms with Gasteiger partial charge in [0, 0.05) is 31.5 Å². The van der Waals surface area contributed by atoms with Crippen molar-refractivity contribution in [1.82, 2.24) is 30.2 Å². The summed E-state index contributed by atoms with van der Waals surface area (Å²) in [5.41, 5.74) is 2.58. The molecule has 2 unspecified atom stereocenters. The van der Waals surface area contributed by atoms with E-state index in [0.29, 0.717) is 41.9 Å². The number of morpholine rings is 1. The Hall–Kier alpha value is -2.95. The van der Waals surface area contributed by atoms with Gasteiger partial charge in [-0.05, 0) is 38.0 Å². The Balaban J connectivity index is 1.34. The van der Waals surface area contributed by atoms with Crippen molar-refractivity contribution in [2.75, 3.05) is 26.3 Å². The maximum atomic E-state index is 13.2. The van der Waals surface area contributed by atoms with Crippen LogP contribution in [0.15, 0.2) is 36.9 Å². The van der Waals surface area contributed by atoms with Crippen LogP contribution < -0.4 is 10.1 Å². The molecule has 3 atom stereocenters. The SMILES string of the molecule is CCOc1cncc(-c2cnc(C(=O)N[C@H](CN3CC4CC3CO4)c3cc(C)ccn3)s2)n1. The zero-order valence-electron chi connectivity index (χ0n) is 18.6. The van der Waals surface area contributed by atoms with E-state index in [0.717, 1.165) is 35.7 Å². The molecule has 3 aromatic heterocycles. The topological polar surface area (TPSA) is 102 Å². The molecule has 2 saturated heterocycles. The Morgan fingerprint density at radius 3 is 3.03 bits per heavy atom. The van der Waals surface area contributed by atoms with Crippen molar-refractivity contribution in [2.45, 2.75) is 38.5 Å². The molecule has 9 nitrogen and oxygen atoms in total. The van der Waals surface area contributed by atoms with Gasteiger partial charge in [-0.15, -0.1) is 11.3 Å². The average molecular weight is 467 g/mol. The Labute approximate surface area is 196 Å². The Bertz CT molecular complexity index is 1140. The first kappa shape index (κ1) is 21.9. The quantitative estimate of drug-likeness (QED) is 0.541. The Kier molecular flexibility index (Phi) is 6.30. The lowest BCUT2D eigenvalue weighted by atomic mass is 10.1. The number of carbonyl (C=O) groups excluding carboxylic acids is 1. The molecule has 2 bridgehead atoms. The second-order valence-electron chi connectivity index (χ2n) is 8.29. The van der Waals surface area contributed by atoms with Crippen molar-refractivity contribution in [3.63, 3.8) is 0 Å². The zero-order valence-corrected chi connectivity index (χ0v) is 19.4. The first-order valence-electron chi connectivity index (χ1n) is 11.1. The van der Waals surface area contributed by atoms with Gasteiger partial charge in [0.15, 0.2) is 5.01 Å². The molecule has 5 heterocycles. The smallest absolute Gasteiger partial charge is 0.280 e. The molecule has 10 heteroatoms. The summed E-state index contributed by atoms with van der Waals surface area (Å²) >= 11 is 1.28. The summed E-state index contributed by atoms with van der Waals surface area (Å²) in [5.74, 6) is 0.220. The molecule has 0 saturated carbocycles. The van der Waals surface area contributed by atoms with Gasteiger partial charge in [0.1, 0.15) is 5.69 Å². The summed E-state index contributed by atoms with van der Waals surface area (Å²) in [4.78, 5) is 33.8. The summed E-state index contributed by atoms with van der Waals surface area (Å²) in [5, 5.41) is 3.54. The molecule has 0 aromatic carbocycles. The van der Waals surface area contributed by atoms with Crippen LogP contribution in [0.4, 0.5) is 0 Å². The van der Waals surface area contributed by atoms with E-state index in [4.69, 9.17) is 9.47 Å².